The zero-order valence-corrected chi connectivity index (χ0v) is 10.8. The van der Waals surface area contributed by atoms with E-state index in [0.29, 0.717) is 0 Å². The van der Waals surface area contributed by atoms with Gasteiger partial charge in [0.05, 0.1) is 5.60 Å². The molecule has 1 aromatic heterocycles. The fourth-order valence-electron chi connectivity index (χ4n) is 1.95. The standard InChI is InChI=1S/C12H17BrO2/c1-3-9-4-5-10(14-9)11-6-7-12(2,8-13)15-11/h4-5,11H,3,6-8H2,1-2H3. The van der Waals surface area contributed by atoms with Crippen molar-refractivity contribution in [3.63, 3.8) is 0 Å². The first kappa shape index (κ1) is 11.2. The molecule has 1 aromatic rings. The first-order valence-corrected chi connectivity index (χ1v) is 6.61. The summed E-state index contributed by atoms with van der Waals surface area (Å²) >= 11 is 3.50. The van der Waals surface area contributed by atoms with Crippen LogP contribution >= 0.6 is 15.9 Å². The molecule has 1 aliphatic rings. The van der Waals surface area contributed by atoms with E-state index in [1.807, 2.05) is 12.1 Å². The number of hydrogen-bond acceptors (Lipinski definition) is 2. The second-order valence-electron chi connectivity index (χ2n) is 4.39. The van der Waals surface area contributed by atoms with Crippen molar-refractivity contribution in [3.05, 3.63) is 23.7 Å². The first-order valence-electron chi connectivity index (χ1n) is 5.49. The van der Waals surface area contributed by atoms with E-state index in [9.17, 15) is 0 Å². The van der Waals surface area contributed by atoms with E-state index in [-0.39, 0.29) is 11.7 Å². The summed E-state index contributed by atoms with van der Waals surface area (Å²) in [6, 6.07) is 4.09. The Morgan fingerprint density at radius 3 is 2.87 bits per heavy atom. The molecule has 0 spiro atoms. The average molecular weight is 273 g/mol. The topological polar surface area (TPSA) is 22.4 Å². The van der Waals surface area contributed by atoms with Gasteiger partial charge in [-0.25, -0.2) is 0 Å². The monoisotopic (exact) mass is 272 g/mol. The van der Waals surface area contributed by atoms with Crippen LogP contribution in [-0.2, 0) is 11.2 Å². The average Bonchev–Trinajstić information content (AvgIpc) is 2.84. The smallest absolute Gasteiger partial charge is 0.132 e. The van der Waals surface area contributed by atoms with E-state index in [1.165, 1.54) is 0 Å². The lowest BCUT2D eigenvalue weighted by Gasteiger charge is -2.21. The first-order chi connectivity index (χ1) is 7.17. The predicted molar refractivity (Wildman–Crippen MR) is 63.3 cm³/mol. The minimum Gasteiger partial charge on any atom is -0.463 e. The molecule has 84 valence electrons. The van der Waals surface area contributed by atoms with Crippen LogP contribution in [0.3, 0.4) is 0 Å². The van der Waals surface area contributed by atoms with Crippen molar-refractivity contribution in [2.75, 3.05) is 5.33 Å². The van der Waals surface area contributed by atoms with E-state index in [1.54, 1.807) is 0 Å². The van der Waals surface area contributed by atoms with Crippen LogP contribution in [-0.4, -0.2) is 10.9 Å². The van der Waals surface area contributed by atoms with Crippen LogP contribution in [0, 0.1) is 0 Å². The Balaban J connectivity index is 2.07. The van der Waals surface area contributed by atoms with Crippen molar-refractivity contribution in [1.29, 1.82) is 0 Å². The van der Waals surface area contributed by atoms with Crippen LogP contribution in [0.1, 0.15) is 44.3 Å². The van der Waals surface area contributed by atoms with Crippen molar-refractivity contribution < 1.29 is 9.15 Å². The Bertz CT molecular complexity index is 334. The maximum Gasteiger partial charge on any atom is 0.132 e. The highest BCUT2D eigenvalue weighted by Crippen LogP contribution is 2.40. The molecule has 0 N–H and O–H groups in total. The van der Waals surface area contributed by atoms with Crippen LogP contribution < -0.4 is 0 Å². The number of rotatable bonds is 3. The maximum absolute atomic E-state index is 6.00. The molecule has 2 nitrogen and oxygen atoms in total. The molecule has 15 heavy (non-hydrogen) atoms. The molecular weight excluding hydrogens is 256 g/mol. The van der Waals surface area contributed by atoms with Crippen LogP contribution in [0.5, 0.6) is 0 Å². The van der Waals surface area contributed by atoms with Crippen molar-refractivity contribution in [1.82, 2.24) is 0 Å². The molecule has 1 saturated heterocycles. The number of alkyl halides is 1. The number of aryl methyl sites for hydroxylation is 1. The van der Waals surface area contributed by atoms with Gasteiger partial charge in [0.2, 0.25) is 0 Å². The summed E-state index contributed by atoms with van der Waals surface area (Å²) in [4.78, 5) is 0. The number of furan rings is 1. The Hall–Kier alpha value is -0.280. The van der Waals surface area contributed by atoms with Gasteiger partial charge in [-0.05, 0) is 31.9 Å². The Morgan fingerprint density at radius 2 is 2.33 bits per heavy atom. The maximum atomic E-state index is 6.00. The van der Waals surface area contributed by atoms with Gasteiger partial charge in [0, 0.05) is 11.8 Å². The molecule has 2 rings (SSSR count). The van der Waals surface area contributed by atoms with Crippen LogP contribution in [0.25, 0.3) is 0 Å². The van der Waals surface area contributed by atoms with Gasteiger partial charge >= 0.3 is 0 Å². The molecule has 3 heteroatoms. The van der Waals surface area contributed by atoms with Gasteiger partial charge in [-0.2, -0.15) is 0 Å². The normalized spacial score (nSPS) is 31.0. The third kappa shape index (κ3) is 2.28. The van der Waals surface area contributed by atoms with Gasteiger partial charge in [-0.3, -0.25) is 0 Å². The van der Waals surface area contributed by atoms with Crippen molar-refractivity contribution >= 4 is 15.9 Å². The van der Waals surface area contributed by atoms with E-state index in [4.69, 9.17) is 9.15 Å². The highest BCUT2D eigenvalue weighted by atomic mass is 79.9. The van der Waals surface area contributed by atoms with Gasteiger partial charge in [-0.15, -0.1) is 0 Å². The predicted octanol–water partition coefficient (Wildman–Crippen LogP) is 3.85. The molecular formula is C12H17BrO2. The second-order valence-corrected chi connectivity index (χ2v) is 4.95. The lowest BCUT2D eigenvalue weighted by Crippen LogP contribution is -2.24. The Kier molecular flexibility index (Phi) is 3.21. The van der Waals surface area contributed by atoms with E-state index in [0.717, 1.165) is 36.1 Å². The highest BCUT2D eigenvalue weighted by Gasteiger charge is 2.37. The fourth-order valence-corrected chi connectivity index (χ4v) is 2.37. The number of ether oxygens (including phenoxy) is 1. The fraction of sp³-hybridized carbons (Fsp3) is 0.667. The summed E-state index contributed by atoms with van der Waals surface area (Å²) in [6.45, 7) is 4.24. The van der Waals surface area contributed by atoms with Gasteiger partial charge < -0.3 is 9.15 Å². The summed E-state index contributed by atoms with van der Waals surface area (Å²) in [5.41, 5.74) is -0.0240. The van der Waals surface area contributed by atoms with E-state index >= 15 is 0 Å². The van der Waals surface area contributed by atoms with Crippen LogP contribution in [0.2, 0.25) is 0 Å². The Morgan fingerprint density at radius 1 is 1.53 bits per heavy atom. The molecule has 2 atom stereocenters. The quantitative estimate of drug-likeness (QED) is 0.780. The third-order valence-corrected chi connectivity index (χ3v) is 4.18. The summed E-state index contributed by atoms with van der Waals surface area (Å²) < 4.78 is 11.7. The largest absolute Gasteiger partial charge is 0.463 e. The number of halogens is 1. The lowest BCUT2D eigenvalue weighted by atomic mass is 10.1. The summed E-state index contributed by atoms with van der Waals surface area (Å²) in [7, 11) is 0. The summed E-state index contributed by atoms with van der Waals surface area (Å²) in [5.74, 6) is 2.03. The SMILES string of the molecule is CCc1ccc(C2CCC(C)(CBr)O2)o1. The second kappa shape index (κ2) is 4.30. The number of hydrogen-bond donors (Lipinski definition) is 0. The van der Waals surface area contributed by atoms with Gasteiger partial charge in [0.1, 0.15) is 17.6 Å². The molecule has 1 aliphatic heterocycles. The highest BCUT2D eigenvalue weighted by molar-refractivity contribution is 9.09. The summed E-state index contributed by atoms with van der Waals surface area (Å²) in [5, 5.41) is 0.887. The molecule has 2 unspecified atom stereocenters. The lowest BCUT2D eigenvalue weighted by molar-refractivity contribution is -0.0213. The zero-order valence-electron chi connectivity index (χ0n) is 9.25. The van der Waals surface area contributed by atoms with Crippen molar-refractivity contribution in [2.24, 2.45) is 0 Å². The minimum absolute atomic E-state index is 0.0240. The van der Waals surface area contributed by atoms with Gasteiger partial charge in [0.25, 0.3) is 0 Å². The molecule has 0 bridgehead atoms. The molecule has 0 aromatic carbocycles. The van der Waals surface area contributed by atoms with Crippen molar-refractivity contribution in [2.45, 2.75) is 44.8 Å². The Labute approximate surface area is 99.1 Å². The van der Waals surface area contributed by atoms with E-state index < -0.39 is 0 Å². The zero-order chi connectivity index (χ0) is 10.9. The van der Waals surface area contributed by atoms with E-state index in [2.05, 4.69) is 29.8 Å². The minimum atomic E-state index is -0.0240. The third-order valence-electron chi connectivity index (χ3n) is 2.99. The molecule has 0 saturated carbocycles. The van der Waals surface area contributed by atoms with Crippen molar-refractivity contribution in [3.8, 4) is 0 Å². The van der Waals surface area contributed by atoms with Crippen LogP contribution in [0.15, 0.2) is 16.5 Å². The molecule has 0 radical (unpaired) electrons. The van der Waals surface area contributed by atoms with Gasteiger partial charge in [0.15, 0.2) is 0 Å². The molecule has 1 fully saturated rings. The molecule has 2 heterocycles. The van der Waals surface area contributed by atoms with Gasteiger partial charge in [-0.1, -0.05) is 22.9 Å². The molecule has 0 aliphatic carbocycles. The summed E-state index contributed by atoms with van der Waals surface area (Å²) in [6.07, 6.45) is 3.24. The van der Waals surface area contributed by atoms with Crippen LogP contribution in [0.4, 0.5) is 0 Å². The molecule has 0 amide bonds.